The van der Waals surface area contributed by atoms with Crippen molar-refractivity contribution in [2.75, 3.05) is 13.2 Å². The van der Waals surface area contributed by atoms with Crippen molar-refractivity contribution in [2.45, 2.75) is 31.7 Å². The second-order valence-corrected chi connectivity index (χ2v) is 4.76. The zero-order valence-electron chi connectivity index (χ0n) is 10.4. The molecule has 0 aromatic heterocycles. The van der Waals surface area contributed by atoms with Crippen LogP contribution in [0.4, 0.5) is 0 Å². The van der Waals surface area contributed by atoms with Crippen molar-refractivity contribution >= 4 is 5.91 Å². The van der Waals surface area contributed by atoms with Crippen LogP contribution < -0.4 is 5.32 Å². The zero-order chi connectivity index (χ0) is 13.0. The number of carbonyl (C=O) groups is 1. The number of aryl methyl sites for hydroxylation is 2. The minimum absolute atomic E-state index is 0.166. The van der Waals surface area contributed by atoms with Gasteiger partial charge in [0.15, 0.2) is 0 Å². The first-order valence-electron chi connectivity index (χ1n) is 6.34. The third kappa shape index (κ3) is 3.09. The molecule has 3 N–H and O–H groups in total. The van der Waals surface area contributed by atoms with E-state index in [4.69, 9.17) is 10.2 Å². The lowest BCUT2D eigenvalue weighted by molar-refractivity contribution is -0.121. The number of amides is 1. The quantitative estimate of drug-likeness (QED) is 0.697. The van der Waals surface area contributed by atoms with E-state index in [1.165, 1.54) is 17.5 Å². The van der Waals surface area contributed by atoms with Crippen molar-refractivity contribution in [3.63, 3.8) is 0 Å². The number of aliphatic hydroxyl groups excluding tert-OH is 2. The second kappa shape index (κ2) is 5.98. The van der Waals surface area contributed by atoms with Crippen molar-refractivity contribution in [2.24, 2.45) is 0 Å². The van der Waals surface area contributed by atoms with Gasteiger partial charge in [-0.3, -0.25) is 4.79 Å². The Morgan fingerprint density at radius 2 is 1.94 bits per heavy atom. The number of aliphatic hydroxyl groups is 2. The molecule has 1 aliphatic carbocycles. The smallest absolute Gasteiger partial charge is 0.224 e. The molecule has 18 heavy (non-hydrogen) atoms. The minimum atomic E-state index is -0.563. The largest absolute Gasteiger partial charge is 0.394 e. The molecule has 0 saturated heterocycles. The molecule has 0 radical (unpaired) electrons. The van der Waals surface area contributed by atoms with Crippen LogP contribution in [0.5, 0.6) is 0 Å². The van der Waals surface area contributed by atoms with Gasteiger partial charge in [-0.05, 0) is 36.0 Å². The summed E-state index contributed by atoms with van der Waals surface area (Å²) in [7, 11) is 0. The molecule has 0 spiro atoms. The monoisotopic (exact) mass is 249 g/mol. The van der Waals surface area contributed by atoms with Gasteiger partial charge >= 0.3 is 0 Å². The highest BCUT2D eigenvalue weighted by molar-refractivity contribution is 5.79. The van der Waals surface area contributed by atoms with Gasteiger partial charge in [0, 0.05) is 0 Å². The van der Waals surface area contributed by atoms with Crippen molar-refractivity contribution in [1.82, 2.24) is 5.32 Å². The molecule has 1 amide bonds. The van der Waals surface area contributed by atoms with Crippen LogP contribution in [0.15, 0.2) is 18.2 Å². The SMILES string of the molecule is O=C(Cc1ccc2c(c1)CCC2)NC(CO)CO. The van der Waals surface area contributed by atoms with Crippen molar-refractivity contribution < 1.29 is 15.0 Å². The van der Waals surface area contributed by atoms with E-state index < -0.39 is 6.04 Å². The second-order valence-electron chi connectivity index (χ2n) is 4.76. The number of nitrogens with one attached hydrogen (secondary N) is 1. The van der Waals surface area contributed by atoms with Gasteiger partial charge < -0.3 is 15.5 Å². The van der Waals surface area contributed by atoms with Gasteiger partial charge in [0.05, 0.1) is 25.7 Å². The number of benzene rings is 1. The molecule has 0 bridgehead atoms. The highest BCUT2D eigenvalue weighted by Crippen LogP contribution is 2.22. The van der Waals surface area contributed by atoms with Crippen LogP contribution in [0.2, 0.25) is 0 Å². The summed E-state index contributed by atoms with van der Waals surface area (Å²) in [5, 5.41) is 20.4. The number of fused-ring (bicyclic) bond motifs is 1. The summed E-state index contributed by atoms with van der Waals surface area (Å²) in [4.78, 5) is 11.7. The van der Waals surface area contributed by atoms with Crippen LogP contribution in [-0.2, 0) is 24.1 Å². The van der Waals surface area contributed by atoms with Crippen LogP contribution >= 0.6 is 0 Å². The van der Waals surface area contributed by atoms with E-state index in [1.807, 2.05) is 6.07 Å². The van der Waals surface area contributed by atoms with Gasteiger partial charge in [0.25, 0.3) is 0 Å². The molecule has 2 rings (SSSR count). The van der Waals surface area contributed by atoms with E-state index in [0.29, 0.717) is 6.42 Å². The lowest BCUT2D eigenvalue weighted by atomic mass is 10.0. The molecule has 0 heterocycles. The maximum atomic E-state index is 11.7. The summed E-state index contributed by atoms with van der Waals surface area (Å²) in [6.45, 7) is -0.487. The van der Waals surface area contributed by atoms with Gasteiger partial charge in [-0.2, -0.15) is 0 Å². The summed E-state index contributed by atoms with van der Waals surface area (Å²) >= 11 is 0. The molecule has 1 aliphatic rings. The topological polar surface area (TPSA) is 69.6 Å². The summed E-state index contributed by atoms with van der Waals surface area (Å²) in [5.41, 5.74) is 3.73. The van der Waals surface area contributed by atoms with Crippen LogP contribution in [0.25, 0.3) is 0 Å². The molecule has 1 aromatic rings. The van der Waals surface area contributed by atoms with E-state index in [2.05, 4.69) is 17.4 Å². The molecule has 98 valence electrons. The molecule has 0 fully saturated rings. The Morgan fingerprint density at radius 3 is 2.67 bits per heavy atom. The minimum Gasteiger partial charge on any atom is -0.394 e. The van der Waals surface area contributed by atoms with Gasteiger partial charge in [0.1, 0.15) is 0 Å². The van der Waals surface area contributed by atoms with Gasteiger partial charge in [0.2, 0.25) is 5.91 Å². The molecule has 0 unspecified atom stereocenters. The molecular weight excluding hydrogens is 230 g/mol. The Labute approximate surface area is 107 Å². The van der Waals surface area contributed by atoms with E-state index in [0.717, 1.165) is 18.4 Å². The molecular formula is C14H19NO3. The molecule has 4 nitrogen and oxygen atoms in total. The van der Waals surface area contributed by atoms with E-state index in [1.54, 1.807) is 0 Å². The lowest BCUT2D eigenvalue weighted by Crippen LogP contribution is -2.40. The number of rotatable bonds is 5. The highest BCUT2D eigenvalue weighted by Gasteiger charge is 2.14. The summed E-state index contributed by atoms with van der Waals surface area (Å²) in [6.07, 6.45) is 3.73. The van der Waals surface area contributed by atoms with Crippen molar-refractivity contribution in [3.05, 3.63) is 34.9 Å². The Bertz CT molecular complexity index is 427. The lowest BCUT2D eigenvalue weighted by Gasteiger charge is -2.13. The summed E-state index contributed by atoms with van der Waals surface area (Å²) in [6, 6.07) is 5.61. The fourth-order valence-electron chi connectivity index (χ4n) is 2.35. The van der Waals surface area contributed by atoms with Crippen LogP contribution in [0, 0.1) is 0 Å². The molecule has 0 saturated carbocycles. The zero-order valence-corrected chi connectivity index (χ0v) is 10.4. The number of carbonyl (C=O) groups excluding carboxylic acids is 1. The molecule has 1 aromatic carbocycles. The average Bonchev–Trinajstić information content (AvgIpc) is 2.83. The predicted molar refractivity (Wildman–Crippen MR) is 68.3 cm³/mol. The Kier molecular flexibility index (Phi) is 4.33. The van der Waals surface area contributed by atoms with Gasteiger partial charge in [-0.1, -0.05) is 18.2 Å². The standard InChI is InChI=1S/C14H19NO3/c16-8-13(9-17)15-14(18)7-10-4-5-11-2-1-3-12(11)6-10/h4-6,13,16-17H,1-3,7-9H2,(H,15,18). The average molecular weight is 249 g/mol. The third-order valence-electron chi connectivity index (χ3n) is 3.33. The highest BCUT2D eigenvalue weighted by atomic mass is 16.3. The van der Waals surface area contributed by atoms with Crippen LogP contribution in [0.3, 0.4) is 0 Å². The van der Waals surface area contributed by atoms with Crippen molar-refractivity contribution in [3.8, 4) is 0 Å². The number of hydrogen-bond donors (Lipinski definition) is 3. The van der Waals surface area contributed by atoms with Crippen LogP contribution in [-0.4, -0.2) is 35.4 Å². The summed E-state index contributed by atoms with van der Waals surface area (Å²) < 4.78 is 0. The Hall–Kier alpha value is -1.39. The first-order valence-corrected chi connectivity index (χ1v) is 6.34. The van der Waals surface area contributed by atoms with E-state index >= 15 is 0 Å². The third-order valence-corrected chi connectivity index (χ3v) is 3.33. The van der Waals surface area contributed by atoms with Gasteiger partial charge in [-0.15, -0.1) is 0 Å². The molecule has 4 heteroatoms. The predicted octanol–water partition coefficient (Wildman–Crippen LogP) is 0.187. The Morgan fingerprint density at radius 1 is 1.22 bits per heavy atom. The van der Waals surface area contributed by atoms with E-state index in [9.17, 15) is 4.79 Å². The van der Waals surface area contributed by atoms with Crippen LogP contribution in [0.1, 0.15) is 23.1 Å². The fraction of sp³-hybridized carbons (Fsp3) is 0.500. The normalized spacial score (nSPS) is 13.7. The Balaban J connectivity index is 1.95. The van der Waals surface area contributed by atoms with E-state index in [-0.39, 0.29) is 19.1 Å². The maximum Gasteiger partial charge on any atom is 0.224 e. The first kappa shape index (κ1) is 13.1. The first-order chi connectivity index (χ1) is 8.72. The molecule has 0 aliphatic heterocycles. The summed E-state index contributed by atoms with van der Waals surface area (Å²) in [5.74, 6) is -0.166. The molecule has 0 atom stereocenters. The van der Waals surface area contributed by atoms with Crippen molar-refractivity contribution in [1.29, 1.82) is 0 Å². The maximum absolute atomic E-state index is 11.7. The van der Waals surface area contributed by atoms with Gasteiger partial charge in [-0.25, -0.2) is 0 Å². The fourth-order valence-corrected chi connectivity index (χ4v) is 2.35. The number of hydrogen-bond acceptors (Lipinski definition) is 3.